The minimum Gasteiger partial charge on any atom is -0.297 e. The largest absolute Gasteiger partial charge is 0.413 e. The third-order valence-electron chi connectivity index (χ3n) is 8.00. The zero-order valence-corrected chi connectivity index (χ0v) is 17.6. The molecular formula is C25H27F4NO. The molecule has 3 aliphatic carbocycles. The second-order valence-electron chi connectivity index (χ2n) is 9.69. The van der Waals surface area contributed by atoms with Crippen molar-refractivity contribution in [3.05, 3.63) is 58.4 Å². The van der Waals surface area contributed by atoms with Crippen LogP contribution in [0.4, 0.5) is 17.6 Å². The average molecular weight is 433 g/mol. The molecule has 0 amide bonds. The number of rotatable bonds is 3. The Balaban J connectivity index is 1.33. The number of ketones is 1. The van der Waals surface area contributed by atoms with Gasteiger partial charge in [-0.25, -0.2) is 4.39 Å². The zero-order valence-electron chi connectivity index (χ0n) is 17.6. The van der Waals surface area contributed by atoms with E-state index in [9.17, 15) is 22.4 Å². The van der Waals surface area contributed by atoms with Crippen LogP contribution in [-0.2, 0) is 0 Å². The van der Waals surface area contributed by atoms with Crippen molar-refractivity contribution < 1.29 is 22.4 Å². The summed E-state index contributed by atoms with van der Waals surface area (Å²) in [7, 11) is 1.88. The van der Waals surface area contributed by atoms with Gasteiger partial charge in [-0.3, -0.25) is 9.69 Å². The Labute approximate surface area is 180 Å². The summed E-state index contributed by atoms with van der Waals surface area (Å²) in [5.74, 6) is -1.03. The molecule has 1 heterocycles. The molecule has 2 saturated carbocycles. The zero-order chi connectivity index (χ0) is 22.0. The van der Waals surface area contributed by atoms with Gasteiger partial charge < -0.3 is 0 Å². The Morgan fingerprint density at radius 2 is 1.68 bits per heavy atom. The van der Waals surface area contributed by atoms with Crippen molar-refractivity contribution >= 4 is 5.78 Å². The number of fused-ring (bicyclic) bond motifs is 2. The Bertz CT molecular complexity index is 947. The number of benzene rings is 1. The monoisotopic (exact) mass is 433 g/mol. The van der Waals surface area contributed by atoms with Gasteiger partial charge in [-0.15, -0.1) is 0 Å². The van der Waals surface area contributed by atoms with Crippen molar-refractivity contribution in [1.82, 2.24) is 4.90 Å². The Morgan fingerprint density at radius 1 is 1.03 bits per heavy atom. The van der Waals surface area contributed by atoms with Gasteiger partial charge in [0.15, 0.2) is 5.78 Å². The third kappa shape index (κ3) is 3.47. The maximum atomic E-state index is 14.9. The lowest BCUT2D eigenvalue weighted by Gasteiger charge is -2.52. The summed E-state index contributed by atoms with van der Waals surface area (Å²) in [6.07, 6.45) is 1.06. The van der Waals surface area contributed by atoms with Crippen LogP contribution in [0.5, 0.6) is 0 Å². The summed E-state index contributed by atoms with van der Waals surface area (Å²) >= 11 is 0. The fourth-order valence-corrected chi connectivity index (χ4v) is 6.09. The second-order valence-corrected chi connectivity index (χ2v) is 9.69. The van der Waals surface area contributed by atoms with E-state index in [0.29, 0.717) is 55.4 Å². The predicted octanol–water partition coefficient (Wildman–Crippen LogP) is 6.35. The highest BCUT2D eigenvalue weighted by Crippen LogP contribution is 2.55. The van der Waals surface area contributed by atoms with E-state index in [2.05, 4.69) is 0 Å². The fourth-order valence-electron chi connectivity index (χ4n) is 6.09. The summed E-state index contributed by atoms with van der Waals surface area (Å²) in [5.41, 5.74) is 0.816. The molecule has 1 spiro atoms. The summed E-state index contributed by atoms with van der Waals surface area (Å²) in [5, 5.41) is 0. The van der Waals surface area contributed by atoms with Gasteiger partial charge in [0.2, 0.25) is 0 Å². The Hall–Kier alpha value is -1.95. The van der Waals surface area contributed by atoms with Gasteiger partial charge in [0, 0.05) is 28.5 Å². The van der Waals surface area contributed by atoms with Crippen LogP contribution in [0, 0.1) is 11.8 Å². The lowest BCUT2D eigenvalue weighted by molar-refractivity contribution is -0.0999. The van der Waals surface area contributed by atoms with Crippen molar-refractivity contribution in [2.45, 2.75) is 62.6 Å². The topological polar surface area (TPSA) is 20.3 Å². The molecule has 1 atom stereocenters. The normalized spacial score (nSPS) is 31.7. The van der Waals surface area contributed by atoms with Gasteiger partial charge in [-0.05, 0) is 81.7 Å². The van der Waals surface area contributed by atoms with Crippen LogP contribution >= 0.6 is 0 Å². The van der Waals surface area contributed by atoms with Crippen molar-refractivity contribution in [2.75, 3.05) is 13.6 Å². The number of halogens is 4. The molecule has 1 aliphatic heterocycles. The first-order valence-corrected chi connectivity index (χ1v) is 11.2. The summed E-state index contributed by atoms with van der Waals surface area (Å²) in [4.78, 5) is 15.1. The first-order valence-electron chi connectivity index (χ1n) is 11.2. The second kappa shape index (κ2) is 7.29. The lowest BCUT2D eigenvalue weighted by Crippen LogP contribution is -2.56. The van der Waals surface area contributed by atoms with Gasteiger partial charge in [-0.2, -0.15) is 13.2 Å². The van der Waals surface area contributed by atoms with E-state index in [4.69, 9.17) is 0 Å². The van der Waals surface area contributed by atoms with E-state index >= 15 is 0 Å². The number of carbonyl (C=O) groups excluding carboxylic acids is 1. The van der Waals surface area contributed by atoms with Crippen LogP contribution < -0.4 is 0 Å². The first-order chi connectivity index (χ1) is 14.7. The number of Topliss-reactive ketones (excluding diaryl/α,β-unsaturated/α-hetero) is 1. The Kier molecular flexibility index (Phi) is 4.92. The van der Waals surface area contributed by atoms with Gasteiger partial charge in [0.05, 0.1) is 0 Å². The maximum Gasteiger partial charge on any atom is 0.413 e. The average Bonchev–Trinajstić information content (AvgIpc) is 3.53. The molecule has 4 aliphatic rings. The summed E-state index contributed by atoms with van der Waals surface area (Å²) in [6, 6.07) is 7.89. The van der Waals surface area contributed by atoms with Crippen LogP contribution in [0.25, 0.3) is 0 Å². The van der Waals surface area contributed by atoms with Crippen molar-refractivity contribution in [1.29, 1.82) is 0 Å². The van der Waals surface area contributed by atoms with Crippen molar-refractivity contribution in [3.63, 3.8) is 0 Å². The van der Waals surface area contributed by atoms with Crippen LogP contribution in [-0.4, -0.2) is 36.0 Å². The third-order valence-corrected chi connectivity index (χ3v) is 8.00. The van der Waals surface area contributed by atoms with E-state index < -0.39 is 29.0 Å². The number of nitrogens with zero attached hydrogens (tertiary/aromatic N) is 1. The quantitative estimate of drug-likeness (QED) is 0.409. The van der Waals surface area contributed by atoms with Gasteiger partial charge in [0.1, 0.15) is 5.83 Å². The molecule has 5 rings (SSSR count). The number of piperidine rings is 1. The highest BCUT2D eigenvalue weighted by Gasteiger charge is 2.55. The number of hydrogen-bond acceptors (Lipinski definition) is 2. The highest BCUT2D eigenvalue weighted by atomic mass is 19.4. The number of alkyl halides is 3. The molecule has 166 valence electrons. The number of allylic oxidation sites excluding steroid dienone is 3. The van der Waals surface area contributed by atoms with Crippen LogP contribution in [0.2, 0.25) is 0 Å². The molecule has 1 aromatic rings. The molecule has 0 N–H and O–H groups in total. The number of hydrogen-bond donors (Lipinski definition) is 0. The highest BCUT2D eigenvalue weighted by molar-refractivity contribution is 5.98. The molecule has 1 saturated heterocycles. The fraction of sp³-hybridized carbons (Fsp3) is 0.560. The van der Waals surface area contributed by atoms with Gasteiger partial charge in [-0.1, -0.05) is 24.3 Å². The predicted molar refractivity (Wildman–Crippen MR) is 110 cm³/mol. The Morgan fingerprint density at radius 3 is 2.26 bits per heavy atom. The maximum absolute atomic E-state index is 14.9. The van der Waals surface area contributed by atoms with E-state index in [1.807, 2.05) is 36.2 Å². The minimum absolute atomic E-state index is 0.0992. The van der Waals surface area contributed by atoms with Crippen LogP contribution in [0.3, 0.4) is 0 Å². The standard InChI is InChI=1S/C25H27F4NO/c1-30-13-10-19-20(25(27,28)29)14-21(26)22(19)24(30)11-8-18(9-12-24)23(31)17-6-4-16(5-7-17)15-2-3-15/h4-7,14-15,18-19H,2-3,8-13H2,1H3. The van der Waals surface area contributed by atoms with Gasteiger partial charge >= 0.3 is 6.18 Å². The molecule has 1 aromatic carbocycles. The molecule has 0 radical (unpaired) electrons. The number of likely N-dealkylation sites (N-methyl/N-ethyl adjacent to an activating group) is 1. The minimum atomic E-state index is -4.51. The van der Waals surface area contributed by atoms with E-state index in [1.54, 1.807) is 0 Å². The summed E-state index contributed by atoms with van der Waals surface area (Å²) in [6.45, 7) is 0.496. The molecule has 1 unspecified atom stereocenters. The van der Waals surface area contributed by atoms with E-state index in [1.165, 1.54) is 18.4 Å². The molecule has 0 bridgehead atoms. The van der Waals surface area contributed by atoms with Crippen LogP contribution in [0.1, 0.15) is 66.8 Å². The van der Waals surface area contributed by atoms with Gasteiger partial charge in [0.25, 0.3) is 0 Å². The first kappa shape index (κ1) is 20.9. The molecule has 2 nitrogen and oxygen atoms in total. The number of likely N-dealkylation sites (tertiary alicyclic amines) is 1. The molecule has 3 fully saturated rings. The molecule has 6 heteroatoms. The lowest BCUT2D eigenvalue weighted by atomic mass is 9.64. The summed E-state index contributed by atoms with van der Waals surface area (Å²) < 4.78 is 55.3. The molecule has 31 heavy (non-hydrogen) atoms. The smallest absolute Gasteiger partial charge is 0.297 e. The molecular weight excluding hydrogens is 406 g/mol. The van der Waals surface area contributed by atoms with E-state index in [0.717, 1.165) is 0 Å². The number of carbonyl (C=O) groups is 1. The van der Waals surface area contributed by atoms with Crippen molar-refractivity contribution in [2.24, 2.45) is 11.8 Å². The SMILES string of the molecule is CN1CCC2C(C(F)(F)F)=CC(F)=C2C12CCC(C(=O)c1ccc(C3CC3)cc1)CC2. The molecule has 0 aromatic heterocycles. The van der Waals surface area contributed by atoms with E-state index in [-0.39, 0.29) is 18.1 Å². The van der Waals surface area contributed by atoms with Crippen LogP contribution in [0.15, 0.2) is 47.3 Å². The van der Waals surface area contributed by atoms with Crippen molar-refractivity contribution in [3.8, 4) is 0 Å².